The van der Waals surface area contributed by atoms with Gasteiger partial charge in [0.1, 0.15) is 0 Å². The van der Waals surface area contributed by atoms with Gasteiger partial charge in [-0.2, -0.15) is 5.10 Å². The number of amides is 1. The third-order valence-electron chi connectivity index (χ3n) is 4.11. The average Bonchev–Trinajstić information content (AvgIpc) is 3.10. The van der Waals surface area contributed by atoms with Gasteiger partial charge in [0.2, 0.25) is 0 Å². The van der Waals surface area contributed by atoms with Crippen LogP contribution in [0.1, 0.15) is 24.2 Å². The van der Waals surface area contributed by atoms with Gasteiger partial charge in [-0.15, -0.1) is 0 Å². The van der Waals surface area contributed by atoms with Crippen molar-refractivity contribution in [2.75, 3.05) is 19.6 Å². The molecule has 0 aliphatic carbocycles. The highest BCUT2D eigenvalue weighted by molar-refractivity contribution is 5.96. The number of hydrogen-bond donors (Lipinski definition) is 3. The molecule has 7 heteroatoms. The topological polar surface area (TPSA) is 92.1 Å². The maximum absolute atomic E-state index is 12.3. The minimum absolute atomic E-state index is 0.0597. The first kappa shape index (κ1) is 15.9. The highest BCUT2D eigenvalue weighted by Gasteiger charge is 2.25. The van der Waals surface area contributed by atoms with Crippen molar-refractivity contribution in [2.24, 2.45) is 11.8 Å². The molecule has 3 heterocycles. The van der Waals surface area contributed by atoms with Gasteiger partial charge in [-0.25, -0.2) is 9.67 Å². The molecule has 1 aliphatic rings. The number of nitrogens with one attached hydrogen (secondary N) is 2. The first-order chi connectivity index (χ1) is 11.0. The lowest BCUT2D eigenvalue weighted by molar-refractivity contribution is 0.0927. The van der Waals surface area contributed by atoms with E-state index < -0.39 is 6.10 Å². The standard InChI is InChI=1S/C16H23N5O2/c1-10(2)9-21-15-11(7-20-21)3-12(5-18-15)16(23)19-6-13-4-17-8-14(13)22/h3,5,7,10,13-14,17,22H,4,6,8-9H2,1-2H3,(H,19,23). The molecule has 0 spiro atoms. The van der Waals surface area contributed by atoms with E-state index in [1.807, 2.05) is 10.7 Å². The Kier molecular flexibility index (Phi) is 4.58. The molecule has 0 saturated carbocycles. The number of aromatic nitrogens is 3. The first-order valence-electron chi connectivity index (χ1n) is 8.03. The lowest BCUT2D eigenvalue weighted by Gasteiger charge is -2.14. The van der Waals surface area contributed by atoms with Gasteiger partial charge in [0.05, 0.1) is 17.9 Å². The molecule has 2 atom stereocenters. The Morgan fingerprint density at radius 2 is 2.30 bits per heavy atom. The third-order valence-corrected chi connectivity index (χ3v) is 4.11. The summed E-state index contributed by atoms with van der Waals surface area (Å²) in [5, 5.41) is 20.9. The monoisotopic (exact) mass is 317 g/mol. The van der Waals surface area contributed by atoms with Gasteiger partial charge < -0.3 is 15.7 Å². The van der Waals surface area contributed by atoms with Gasteiger partial charge in [0.15, 0.2) is 5.65 Å². The Labute approximate surface area is 135 Å². The normalized spacial score (nSPS) is 21.2. The summed E-state index contributed by atoms with van der Waals surface area (Å²) >= 11 is 0. The Balaban J connectivity index is 1.69. The Morgan fingerprint density at radius 3 is 3.00 bits per heavy atom. The van der Waals surface area contributed by atoms with Crippen LogP contribution in [-0.2, 0) is 6.54 Å². The van der Waals surface area contributed by atoms with Crippen LogP contribution in [0.4, 0.5) is 0 Å². The van der Waals surface area contributed by atoms with Crippen LogP contribution in [0, 0.1) is 11.8 Å². The number of carbonyl (C=O) groups excluding carboxylic acids is 1. The van der Waals surface area contributed by atoms with E-state index in [-0.39, 0.29) is 11.8 Å². The van der Waals surface area contributed by atoms with Crippen LogP contribution in [0.15, 0.2) is 18.5 Å². The van der Waals surface area contributed by atoms with E-state index in [9.17, 15) is 9.90 Å². The van der Waals surface area contributed by atoms with Crippen LogP contribution >= 0.6 is 0 Å². The number of β-amino-alcohol motifs (C(OH)–C–C–N with tert-alkyl or cyclic N) is 1. The van der Waals surface area contributed by atoms with Crippen LogP contribution in [0.2, 0.25) is 0 Å². The number of carbonyl (C=O) groups is 1. The smallest absolute Gasteiger partial charge is 0.252 e. The van der Waals surface area contributed by atoms with Crippen LogP contribution < -0.4 is 10.6 Å². The van der Waals surface area contributed by atoms with Crippen molar-refractivity contribution in [2.45, 2.75) is 26.5 Å². The molecule has 3 N–H and O–H groups in total. The zero-order valence-electron chi connectivity index (χ0n) is 13.5. The van der Waals surface area contributed by atoms with Crippen LogP contribution in [0.5, 0.6) is 0 Å². The average molecular weight is 317 g/mol. The molecular weight excluding hydrogens is 294 g/mol. The molecule has 7 nitrogen and oxygen atoms in total. The Hall–Kier alpha value is -1.99. The highest BCUT2D eigenvalue weighted by Crippen LogP contribution is 2.15. The largest absolute Gasteiger partial charge is 0.391 e. The van der Waals surface area contributed by atoms with E-state index in [4.69, 9.17) is 0 Å². The van der Waals surface area contributed by atoms with E-state index in [2.05, 4.69) is 34.6 Å². The minimum Gasteiger partial charge on any atom is -0.391 e. The predicted octanol–water partition coefficient (Wildman–Crippen LogP) is 0.397. The summed E-state index contributed by atoms with van der Waals surface area (Å²) in [5.41, 5.74) is 1.31. The molecular formula is C16H23N5O2. The fraction of sp³-hybridized carbons (Fsp3) is 0.562. The van der Waals surface area contributed by atoms with Crippen molar-refractivity contribution >= 4 is 16.9 Å². The molecule has 2 aromatic heterocycles. The molecule has 124 valence electrons. The van der Waals surface area contributed by atoms with Gasteiger partial charge in [-0.1, -0.05) is 13.8 Å². The van der Waals surface area contributed by atoms with E-state index in [0.29, 0.717) is 24.6 Å². The highest BCUT2D eigenvalue weighted by atomic mass is 16.3. The molecule has 0 aromatic carbocycles. The first-order valence-corrected chi connectivity index (χ1v) is 8.03. The molecule has 2 aromatic rings. The second-order valence-corrected chi connectivity index (χ2v) is 6.55. The predicted molar refractivity (Wildman–Crippen MR) is 87.1 cm³/mol. The number of aliphatic hydroxyl groups is 1. The number of nitrogens with zero attached hydrogens (tertiary/aromatic N) is 3. The fourth-order valence-corrected chi connectivity index (χ4v) is 2.83. The van der Waals surface area contributed by atoms with Gasteiger partial charge in [0, 0.05) is 43.7 Å². The fourth-order valence-electron chi connectivity index (χ4n) is 2.83. The molecule has 0 radical (unpaired) electrons. The van der Waals surface area contributed by atoms with Gasteiger partial charge in [-0.3, -0.25) is 4.79 Å². The maximum Gasteiger partial charge on any atom is 0.252 e. The number of pyridine rings is 1. The summed E-state index contributed by atoms with van der Waals surface area (Å²) in [6.45, 7) is 6.82. The SMILES string of the molecule is CC(C)Cn1ncc2cc(C(=O)NCC3CNCC3O)cnc21. The molecule has 1 saturated heterocycles. The number of rotatable bonds is 5. The molecule has 3 rings (SSSR count). The summed E-state index contributed by atoms with van der Waals surface area (Å²) in [6.07, 6.45) is 2.93. The number of aliphatic hydroxyl groups excluding tert-OH is 1. The molecule has 1 amide bonds. The second-order valence-electron chi connectivity index (χ2n) is 6.55. The molecule has 0 bridgehead atoms. The second kappa shape index (κ2) is 6.64. The summed E-state index contributed by atoms with van der Waals surface area (Å²) in [4.78, 5) is 16.6. The summed E-state index contributed by atoms with van der Waals surface area (Å²) < 4.78 is 1.86. The Bertz CT molecular complexity index is 697. The van der Waals surface area contributed by atoms with Crippen LogP contribution in [0.25, 0.3) is 11.0 Å². The maximum atomic E-state index is 12.3. The molecule has 1 aliphatic heterocycles. The van der Waals surface area contributed by atoms with Crippen molar-refractivity contribution in [3.8, 4) is 0 Å². The zero-order chi connectivity index (χ0) is 16.4. The van der Waals surface area contributed by atoms with Gasteiger partial charge in [-0.05, 0) is 12.0 Å². The van der Waals surface area contributed by atoms with E-state index in [1.165, 1.54) is 0 Å². The van der Waals surface area contributed by atoms with E-state index in [1.54, 1.807) is 12.4 Å². The van der Waals surface area contributed by atoms with Crippen LogP contribution in [0.3, 0.4) is 0 Å². The summed E-state index contributed by atoms with van der Waals surface area (Å²) in [7, 11) is 0. The molecule has 1 fully saturated rings. The molecule has 2 unspecified atom stereocenters. The van der Waals surface area contributed by atoms with Crippen molar-refractivity contribution in [1.29, 1.82) is 0 Å². The third kappa shape index (κ3) is 3.51. The Morgan fingerprint density at radius 1 is 1.48 bits per heavy atom. The van der Waals surface area contributed by atoms with Crippen molar-refractivity contribution in [3.05, 3.63) is 24.0 Å². The quantitative estimate of drug-likeness (QED) is 0.742. The summed E-state index contributed by atoms with van der Waals surface area (Å²) in [5.74, 6) is 0.369. The number of fused-ring (bicyclic) bond motifs is 1. The van der Waals surface area contributed by atoms with Crippen LogP contribution in [-0.4, -0.2) is 51.5 Å². The zero-order valence-corrected chi connectivity index (χ0v) is 13.5. The van der Waals surface area contributed by atoms with Gasteiger partial charge >= 0.3 is 0 Å². The number of hydrogen-bond acceptors (Lipinski definition) is 5. The van der Waals surface area contributed by atoms with Crippen molar-refractivity contribution in [1.82, 2.24) is 25.4 Å². The summed E-state index contributed by atoms with van der Waals surface area (Å²) in [6, 6.07) is 1.81. The van der Waals surface area contributed by atoms with Crippen molar-refractivity contribution in [3.63, 3.8) is 0 Å². The minimum atomic E-state index is -0.398. The lowest BCUT2D eigenvalue weighted by atomic mass is 10.1. The molecule has 23 heavy (non-hydrogen) atoms. The van der Waals surface area contributed by atoms with Crippen molar-refractivity contribution < 1.29 is 9.90 Å². The van der Waals surface area contributed by atoms with E-state index in [0.717, 1.165) is 24.1 Å². The lowest BCUT2D eigenvalue weighted by Crippen LogP contribution is -2.34. The van der Waals surface area contributed by atoms with Gasteiger partial charge in [0.25, 0.3) is 5.91 Å². The van der Waals surface area contributed by atoms with E-state index >= 15 is 0 Å².